The number of aliphatic hydroxyl groups is 1. The van der Waals surface area contributed by atoms with E-state index in [9.17, 15) is 43.2 Å². The smallest absolute Gasteiger partial charge is 0.462 e. The minimum Gasteiger partial charge on any atom is -0.462 e. The van der Waals surface area contributed by atoms with E-state index in [1.54, 1.807) is 0 Å². The first-order valence-corrected chi connectivity index (χ1v) is 38.2. The van der Waals surface area contributed by atoms with Crippen molar-refractivity contribution in [2.75, 3.05) is 39.6 Å². The lowest BCUT2D eigenvalue weighted by atomic mass is 10.0. The van der Waals surface area contributed by atoms with Crippen molar-refractivity contribution < 1.29 is 80.2 Å². The molecule has 0 aliphatic heterocycles. The Bertz CT molecular complexity index is 1830. The van der Waals surface area contributed by atoms with Crippen LogP contribution in [-0.2, 0) is 65.4 Å². The van der Waals surface area contributed by atoms with Crippen LogP contribution in [0.1, 0.15) is 318 Å². The summed E-state index contributed by atoms with van der Waals surface area (Å²) >= 11 is 0. The van der Waals surface area contributed by atoms with Crippen LogP contribution in [0.4, 0.5) is 0 Å². The Kier molecular flexibility index (Phi) is 57.9. The summed E-state index contributed by atoms with van der Waals surface area (Å²) in [6.45, 7) is 11.6. The number of ether oxygens (including phenoxy) is 4. The van der Waals surface area contributed by atoms with E-state index in [1.807, 2.05) is 0 Å². The Balaban J connectivity index is 5.27. The van der Waals surface area contributed by atoms with Crippen LogP contribution in [0.5, 0.6) is 0 Å². The molecule has 0 saturated heterocycles. The number of phosphoric ester groups is 2. The van der Waals surface area contributed by atoms with Gasteiger partial charge in [-0.2, -0.15) is 0 Å². The van der Waals surface area contributed by atoms with Crippen LogP contribution in [0, 0.1) is 17.8 Å². The zero-order valence-corrected chi connectivity index (χ0v) is 58.5. The second-order valence-corrected chi connectivity index (χ2v) is 28.6. The maximum atomic E-state index is 13.0. The molecular weight excluding hydrogens is 1160 g/mol. The molecule has 0 aromatic heterocycles. The van der Waals surface area contributed by atoms with E-state index < -0.39 is 97.5 Å². The Morgan fingerprint density at radius 1 is 0.352 bits per heavy atom. The lowest BCUT2D eigenvalue weighted by Crippen LogP contribution is -2.30. The summed E-state index contributed by atoms with van der Waals surface area (Å²) in [5, 5.41) is 10.6. The van der Waals surface area contributed by atoms with Gasteiger partial charge in [-0.15, -0.1) is 0 Å². The molecule has 88 heavy (non-hydrogen) atoms. The molecule has 0 fully saturated rings. The van der Waals surface area contributed by atoms with Crippen LogP contribution in [0.3, 0.4) is 0 Å². The van der Waals surface area contributed by atoms with Crippen LogP contribution < -0.4 is 0 Å². The molecule has 3 N–H and O–H groups in total. The summed E-state index contributed by atoms with van der Waals surface area (Å²) < 4.78 is 68.1. The maximum Gasteiger partial charge on any atom is 0.472 e. The fourth-order valence-corrected chi connectivity index (χ4v) is 11.4. The second-order valence-electron chi connectivity index (χ2n) is 25.7. The third kappa shape index (κ3) is 62.4. The maximum absolute atomic E-state index is 13.0. The van der Waals surface area contributed by atoms with Gasteiger partial charge in [0, 0.05) is 25.7 Å². The van der Waals surface area contributed by atoms with Crippen molar-refractivity contribution in [1.29, 1.82) is 0 Å². The van der Waals surface area contributed by atoms with Gasteiger partial charge >= 0.3 is 39.5 Å². The van der Waals surface area contributed by atoms with Crippen molar-refractivity contribution in [2.24, 2.45) is 17.8 Å². The molecule has 0 spiro atoms. The molecule has 17 nitrogen and oxygen atoms in total. The van der Waals surface area contributed by atoms with Crippen LogP contribution in [-0.4, -0.2) is 96.7 Å². The summed E-state index contributed by atoms with van der Waals surface area (Å²) in [4.78, 5) is 72.4. The van der Waals surface area contributed by atoms with Gasteiger partial charge in [0.2, 0.25) is 0 Å². The molecule has 0 amide bonds. The number of allylic oxidation sites excluding steroid dienone is 4. The fourth-order valence-electron chi connectivity index (χ4n) is 9.82. The fraction of sp³-hybridized carbons (Fsp3) is 0.884. The third-order valence-corrected chi connectivity index (χ3v) is 17.2. The Morgan fingerprint density at radius 2 is 0.614 bits per heavy atom. The summed E-state index contributed by atoms with van der Waals surface area (Å²) in [6, 6.07) is 0. The van der Waals surface area contributed by atoms with Crippen molar-refractivity contribution >= 4 is 39.5 Å². The highest BCUT2D eigenvalue weighted by Crippen LogP contribution is 2.45. The van der Waals surface area contributed by atoms with E-state index in [0.29, 0.717) is 37.5 Å². The highest BCUT2D eigenvalue weighted by Gasteiger charge is 2.30. The van der Waals surface area contributed by atoms with E-state index >= 15 is 0 Å². The monoisotopic (exact) mass is 1290 g/mol. The third-order valence-electron chi connectivity index (χ3n) is 15.3. The molecule has 0 bridgehead atoms. The van der Waals surface area contributed by atoms with E-state index in [4.69, 9.17) is 37.0 Å². The van der Waals surface area contributed by atoms with E-state index in [1.165, 1.54) is 103 Å². The molecule has 5 atom stereocenters. The van der Waals surface area contributed by atoms with Gasteiger partial charge in [0.25, 0.3) is 0 Å². The topological polar surface area (TPSA) is 237 Å². The van der Waals surface area contributed by atoms with Crippen LogP contribution >= 0.6 is 15.6 Å². The number of aliphatic hydroxyl groups excluding tert-OH is 1. The minimum absolute atomic E-state index is 0.0961. The second kappa shape index (κ2) is 59.5. The molecule has 19 heteroatoms. The number of rotatable bonds is 65. The largest absolute Gasteiger partial charge is 0.472 e. The Morgan fingerprint density at radius 3 is 0.920 bits per heavy atom. The molecule has 0 heterocycles. The summed E-state index contributed by atoms with van der Waals surface area (Å²) in [6.07, 6.45) is 45.5. The van der Waals surface area contributed by atoms with Crippen LogP contribution in [0.2, 0.25) is 0 Å². The predicted molar refractivity (Wildman–Crippen MR) is 354 cm³/mol. The van der Waals surface area contributed by atoms with Gasteiger partial charge in [-0.1, -0.05) is 265 Å². The number of hydrogen-bond acceptors (Lipinski definition) is 15. The average Bonchev–Trinajstić information content (AvgIpc) is 3.58. The van der Waals surface area contributed by atoms with Crippen molar-refractivity contribution in [3.8, 4) is 0 Å². The molecule has 0 saturated carbocycles. The minimum atomic E-state index is -4.96. The quantitative estimate of drug-likeness (QED) is 0.0169. The summed E-state index contributed by atoms with van der Waals surface area (Å²) in [7, 11) is -9.91. The van der Waals surface area contributed by atoms with Crippen LogP contribution in [0.15, 0.2) is 24.3 Å². The molecule has 3 unspecified atom stereocenters. The number of unbranched alkanes of at least 4 members (excludes halogenated alkanes) is 30. The zero-order chi connectivity index (χ0) is 65.2. The molecule has 0 rings (SSSR count). The summed E-state index contributed by atoms with van der Waals surface area (Å²) in [5.74, 6) is -0.0158. The van der Waals surface area contributed by atoms with Crippen molar-refractivity contribution in [2.45, 2.75) is 336 Å². The van der Waals surface area contributed by atoms with Crippen molar-refractivity contribution in [3.63, 3.8) is 0 Å². The molecule has 0 aromatic carbocycles. The number of carbonyl (C=O) groups excluding carboxylic acids is 4. The van der Waals surface area contributed by atoms with E-state index in [2.05, 4.69) is 72.8 Å². The summed E-state index contributed by atoms with van der Waals surface area (Å²) in [5.41, 5.74) is 0. The van der Waals surface area contributed by atoms with Gasteiger partial charge in [-0.25, -0.2) is 9.13 Å². The Hall–Kier alpha value is -2.46. The van der Waals surface area contributed by atoms with Gasteiger partial charge in [-0.05, 0) is 69.1 Å². The van der Waals surface area contributed by atoms with Gasteiger partial charge in [0.05, 0.1) is 26.4 Å². The van der Waals surface area contributed by atoms with Crippen LogP contribution in [0.25, 0.3) is 0 Å². The highest BCUT2D eigenvalue weighted by molar-refractivity contribution is 7.47. The van der Waals surface area contributed by atoms with E-state index in [-0.39, 0.29) is 25.7 Å². The molecule has 0 radical (unpaired) electrons. The molecule has 0 aliphatic rings. The van der Waals surface area contributed by atoms with Gasteiger partial charge in [0.1, 0.15) is 19.3 Å². The standard InChI is InChI=1S/C69H130O17P2/c1-8-9-10-11-12-13-14-15-16-17-18-22-29-36-43-50-66(71)79-56-65(86-69(74)53-46-39-32-25-28-35-42-49-62(6)7)59-84-88(77,78)82-55-63(70)54-81-87(75,76)83-58-64(57-80-67(72)51-44-37-31-24-27-34-41-48-61(4)5)85-68(73)52-45-38-30-23-20-19-21-26-33-40-47-60(2)3/h13-16,60-65,70H,8-12,17-59H2,1-7H3,(H,75,76)(H,77,78)/b14-13-,16-15-/t63?,64-,65-/m1/s1. The molecule has 0 aliphatic carbocycles. The van der Waals surface area contributed by atoms with E-state index in [0.717, 1.165) is 121 Å². The average molecular weight is 1290 g/mol. The van der Waals surface area contributed by atoms with Gasteiger partial charge in [0.15, 0.2) is 12.2 Å². The number of phosphoric acid groups is 2. The molecular formula is C69H130O17P2. The van der Waals surface area contributed by atoms with Gasteiger partial charge in [-0.3, -0.25) is 37.3 Å². The zero-order valence-electron chi connectivity index (χ0n) is 56.7. The number of hydrogen-bond donors (Lipinski definition) is 3. The first-order chi connectivity index (χ1) is 42.2. The first-order valence-electron chi connectivity index (χ1n) is 35.2. The number of carbonyl (C=O) groups is 4. The highest BCUT2D eigenvalue weighted by atomic mass is 31.2. The first kappa shape index (κ1) is 85.5. The lowest BCUT2D eigenvalue weighted by molar-refractivity contribution is -0.161. The molecule has 0 aromatic rings. The predicted octanol–water partition coefficient (Wildman–Crippen LogP) is 19.0. The normalized spacial score (nSPS) is 14.4. The van der Waals surface area contributed by atoms with Gasteiger partial charge < -0.3 is 33.8 Å². The molecule has 518 valence electrons. The number of esters is 4. The lowest BCUT2D eigenvalue weighted by Gasteiger charge is -2.21. The van der Waals surface area contributed by atoms with Crippen molar-refractivity contribution in [3.05, 3.63) is 24.3 Å². The SMILES string of the molecule is CCCCCC/C=C\C=C/CCCCCCCC(=O)OC[C@H](COP(=O)(O)OCC(O)COP(=O)(O)OC[C@@H](COC(=O)CCCCCCCCCC(C)C)OC(=O)CCCCCCCCCCCCC(C)C)OC(=O)CCCCCCCCCC(C)C. The Labute approximate surface area is 535 Å². The van der Waals surface area contributed by atoms with Crippen molar-refractivity contribution in [1.82, 2.24) is 0 Å².